The number of benzene rings is 3. The van der Waals surface area contributed by atoms with Crippen molar-refractivity contribution in [3.05, 3.63) is 88.0 Å². The van der Waals surface area contributed by atoms with Crippen molar-refractivity contribution >= 4 is 71.0 Å². The standard InChI is InChI=1S/C36H45F3N4O6S.C27H35F3N2O4S/c1-23(2)43(25-13-9-17-41(21-25)33(47)49-34(3,4)5)30(44)26-19-28-29(20-27(26)36(37,38)39)50-35(14-10-15-35)31(45)42(28)18-16-40-32(46)48-22-24-11-7-6-8-12-24;1-16(2)32(18-8-6-11-31(15-18)24(35)36-25(3,4)5)23(34)19-12-17-13-22(33)26(9-7-10-26)37-21(17)14-20(19)27(28,29)30/h6-8,11-12,19-20,23,25H,9-10,13-18,21-22H2,1-5H3,(H,40,46);12,14,16,18H,6-11,13,15H2,1-5H3/t25-;18-/m11/s1. The number of fused-ring (bicyclic) bond motifs is 2. The molecule has 476 valence electrons. The van der Waals surface area contributed by atoms with Crippen LogP contribution in [0, 0.1) is 0 Å². The van der Waals surface area contributed by atoms with Crippen LogP contribution in [-0.4, -0.2) is 146 Å². The molecule has 2 spiro atoms. The minimum Gasteiger partial charge on any atom is -0.445 e. The van der Waals surface area contributed by atoms with Gasteiger partial charge in [-0.25, -0.2) is 14.4 Å². The Labute approximate surface area is 513 Å². The molecule has 6 aliphatic rings. The molecule has 2 saturated heterocycles. The number of likely N-dealkylation sites (tertiary alicyclic amines) is 2. The van der Waals surface area contributed by atoms with Crippen molar-refractivity contribution < 1.29 is 74.1 Å². The van der Waals surface area contributed by atoms with Crippen LogP contribution in [0.4, 0.5) is 46.4 Å². The van der Waals surface area contributed by atoms with Gasteiger partial charge >= 0.3 is 30.6 Å². The summed E-state index contributed by atoms with van der Waals surface area (Å²) in [6.07, 6.45) is -5.07. The number of halogens is 6. The SMILES string of the molecule is CC(C)N(C(=O)c1cc2c(cc1C(F)(F)F)SC1(CCC1)C(=O)C2)[C@@H]1CCCN(C(=O)OC(C)(C)C)C1.CC(C)N(C(=O)c1cc2c(cc1C(F)(F)F)SC1(CCC1)C(=O)N2CCNC(=O)OCc1ccccc1)[C@@H]1CCCN(C(=O)OC(C)(C)C)C1. The van der Waals surface area contributed by atoms with E-state index in [4.69, 9.17) is 14.2 Å². The highest BCUT2D eigenvalue weighted by Crippen LogP contribution is 2.57. The first-order chi connectivity index (χ1) is 40.6. The number of alkyl halides is 6. The number of ketones is 1. The Morgan fingerprint density at radius 1 is 0.655 bits per heavy atom. The van der Waals surface area contributed by atoms with Crippen molar-refractivity contribution in [1.29, 1.82) is 0 Å². The average Bonchev–Trinajstić information content (AvgIpc) is 0.760. The van der Waals surface area contributed by atoms with Crippen LogP contribution in [0.2, 0.25) is 0 Å². The van der Waals surface area contributed by atoms with E-state index >= 15 is 0 Å². The van der Waals surface area contributed by atoms with Gasteiger partial charge in [0.25, 0.3) is 11.8 Å². The average molecular weight is 1260 g/mol. The Bertz CT molecular complexity index is 3080. The molecule has 3 aromatic carbocycles. The highest BCUT2D eigenvalue weighted by molar-refractivity contribution is 8.02. The molecule has 24 heteroatoms. The van der Waals surface area contributed by atoms with Gasteiger partial charge in [-0.1, -0.05) is 30.3 Å². The van der Waals surface area contributed by atoms with E-state index in [1.807, 2.05) is 30.3 Å². The summed E-state index contributed by atoms with van der Waals surface area (Å²) in [7, 11) is 0. The van der Waals surface area contributed by atoms with E-state index in [9.17, 15) is 59.9 Å². The third kappa shape index (κ3) is 15.5. The number of thioether (sulfide) groups is 2. The predicted molar refractivity (Wildman–Crippen MR) is 318 cm³/mol. The second-order valence-corrected chi connectivity index (χ2v) is 28.7. The van der Waals surface area contributed by atoms with Crippen LogP contribution in [0.1, 0.15) is 176 Å². The molecule has 3 aromatic rings. The molecule has 0 aromatic heterocycles. The summed E-state index contributed by atoms with van der Waals surface area (Å²) in [5.74, 6) is -1.81. The Balaban J connectivity index is 0.000000236. The van der Waals surface area contributed by atoms with Crippen molar-refractivity contribution in [3.8, 4) is 0 Å². The molecule has 2 atom stereocenters. The van der Waals surface area contributed by atoms with Gasteiger partial charge in [0.15, 0.2) is 5.78 Å². The largest absolute Gasteiger partial charge is 0.445 e. The number of piperidine rings is 2. The number of anilines is 1. The lowest BCUT2D eigenvalue weighted by molar-refractivity contribution is -0.139. The minimum absolute atomic E-state index is 0.0233. The van der Waals surface area contributed by atoms with Gasteiger partial charge in [0, 0.05) is 67.6 Å². The Morgan fingerprint density at radius 2 is 1.13 bits per heavy atom. The highest BCUT2D eigenvalue weighted by Gasteiger charge is 2.53. The normalized spacial score (nSPS) is 19.9. The molecule has 9 rings (SSSR count). The summed E-state index contributed by atoms with van der Waals surface area (Å²) >= 11 is 2.34. The number of amides is 6. The quantitative estimate of drug-likeness (QED) is 0.142. The van der Waals surface area contributed by atoms with Crippen LogP contribution in [0.15, 0.2) is 64.4 Å². The van der Waals surface area contributed by atoms with Gasteiger partial charge in [-0.2, -0.15) is 26.3 Å². The topological polar surface area (TPSA) is 175 Å². The molecule has 1 N–H and O–H groups in total. The smallest absolute Gasteiger partial charge is 0.417 e. The molecule has 6 amide bonds. The molecule has 2 aliphatic carbocycles. The lowest BCUT2D eigenvalue weighted by Gasteiger charge is -2.47. The Hall–Kier alpha value is -6.17. The van der Waals surface area contributed by atoms with E-state index < -0.39 is 110 Å². The number of ether oxygens (including phenoxy) is 3. The third-order valence-electron chi connectivity index (χ3n) is 16.4. The number of carbonyl (C=O) groups is 7. The number of hydrogen-bond acceptors (Lipinski definition) is 12. The molecular weight excluding hydrogens is 1180 g/mol. The van der Waals surface area contributed by atoms with Crippen LogP contribution in [0.5, 0.6) is 0 Å². The van der Waals surface area contributed by atoms with Gasteiger partial charge < -0.3 is 44.0 Å². The summed E-state index contributed by atoms with van der Waals surface area (Å²) in [6, 6.07) is 11.7. The van der Waals surface area contributed by atoms with Gasteiger partial charge in [-0.15, -0.1) is 23.5 Å². The zero-order chi connectivity index (χ0) is 63.8. The van der Waals surface area contributed by atoms with Crippen LogP contribution >= 0.6 is 23.5 Å². The fourth-order valence-corrected chi connectivity index (χ4v) is 15.1. The van der Waals surface area contributed by atoms with E-state index in [-0.39, 0.29) is 61.5 Å². The lowest BCUT2D eigenvalue weighted by Crippen LogP contribution is -2.55. The second kappa shape index (κ2) is 26.1. The van der Waals surface area contributed by atoms with Gasteiger partial charge in [-0.05, 0) is 169 Å². The maximum absolute atomic E-state index is 14.8. The summed E-state index contributed by atoms with van der Waals surface area (Å²) < 4.78 is 102. The van der Waals surface area contributed by atoms with Gasteiger partial charge in [0.05, 0.1) is 49.5 Å². The van der Waals surface area contributed by atoms with E-state index in [0.29, 0.717) is 74.9 Å². The van der Waals surface area contributed by atoms with Crippen LogP contribution < -0.4 is 10.2 Å². The van der Waals surface area contributed by atoms with E-state index in [0.717, 1.165) is 42.3 Å². The number of carbonyl (C=O) groups excluding carboxylic acids is 7. The Morgan fingerprint density at radius 3 is 1.57 bits per heavy atom. The molecule has 0 unspecified atom stereocenters. The summed E-state index contributed by atoms with van der Waals surface area (Å²) in [5.41, 5.74) is -3.02. The fourth-order valence-electron chi connectivity index (χ4n) is 12.0. The number of rotatable bonds is 11. The van der Waals surface area contributed by atoms with Crippen molar-refractivity contribution in [2.45, 2.75) is 213 Å². The first-order valence-corrected chi connectivity index (χ1v) is 31.5. The Kier molecular flexibility index (Phi) is 20.0. The molecular formula is C63H80F6N6O10S2. The summed E-state index contributed by atoms with van der Waals surface area (Å²) in [4.78, 5) is 101. The molecule has 4 fully saturated rings. The van der Waals surface area contributed by atoms with E-state index in [1.54, 1.807) is 69.2 Å². The monoisotopic (exact) mass is 1260 g/mol. The number of nitrogens with one attached hydrogen (secondary N) is 1. The zero-order valence-electron chi connectivity index (χ0n) is 51.1. The first kappa shape index (κ1) is 66.8. The van der Waals surface area contributed by atoms with E-state index in [2.05, 4.69) is 5.32 Å². The van der Waals surface area contributed by atoms with E-state index in [1.165, 1.54) is 48.4 Å². The summed E-state index contributed by atoms with van der Waals surface area (Å²) in [5, 5.41) is 2.63. The third-order valence-corrected chi connectivity index (χ3v) is 19.5. The van der Waals surface area contributed by atoms with Gasteiger partial charge in [0.2, 0.25) is 5.91 Å². The molecule has 4 heterocycles. The van der Waals surface area contributed by atoms with Gasteiger partial charge in [0.1, 0.15) is 17.8 Å². The van der Waals surface area contributed by atoms with Gasteiger partial charge in [-0.3, -0.25) is 19.2 Å². The maximum Gasteiger partial charge on any atom is 0.417 e. The molecule has 2 saturated carbocycles. The lowest BCUT2D eigenvalue weighted by atomic mass is 9.78. The van der Waals surface area contributed by atoms with Crippen molar-refractivity contribution in [2.24, 2.45) is 0 Å². The highest BCUT2D eigenvalue weighted by atomic mass is 32.2. The predicted octanol–water partition coefficient (Wildman–Crippen LogP) is 13.3. The second-order valence-electron chi connectivity index (χ2n) is 25.9. The van der Waals surface area contributed by atoms with Crippen LogP contribution in [0.25, 0.3) is 0 Å². The molecule has 16 nitrogen and oxygen atoms in total. The number of Topliss-reactive ketones (excluding diaryl/α,β-unsaturated/α-hetero) is 1. The molecule has 87 heavy (non-hydrogen) atoms. The van der Waals surface area contributed by atoms with Crippen LogP contribution in [0.3, 0.4) is 0 Å². The van der Waals surface area contributed by atoms with Crippen molar-refractivity contribution in [1.82, 2.24) is 24.9 Å². The zero-order valence-corrected chi connectivity index (χ0v) is 52.8. The maximum atomic E-state index is 14.8. The minimum atomic E-state index is -4.86. The summed E-state index contributed by atoms with van der Waals surface area (Å²) in [6.45, 7) is 18.7. The van der Waals surface area contributed by atoms with Crippen LogP contribution in [-0.2, 0) is 49.2 Å². The molecule has 0 radical (unpaired) electrons. The fraction of sp³-hybridized carbons (Fsp3) is 0.603. The number of hydrogen-bond donors (Lipinski definition) is 1. The van der Waals surface area contributed by atoms with Crippen molar-refractivity contribution in [3.63, 3.8) is 0 Å². The molecule has 4 aliphatic heterocycles. The molecule has 0 bridgehead atoms. The first-order valence-electron chi connectivity index (χ1n) is 29.9. The van der Waals surface area contributed by atoms with Crippen molar-refractivity contribution in [2.75, 3.05) is 44.2 Å². The number of alkyl carbamates (subject to hydrolysis) is 1. The number of nitrogens with zero attached hydrogens (tertiary/aromatic N) is 5.